The Morgan fingerprint density at radius 3 is 2.94 bits per heavy atom. The number of aromatic nitrogens is 3. The molecule has 2 aromatic rings. The number of aryl methyl sites for hydroxylation is 1. The van der Waals surface area contributed by atoms with Crippen LogP contribution < -0.4 is 11.1 Å². The molecule has 0 radical (unpaired) electrons. The Kier molecular flexibility index (Phi) is 3.21. The second kappa shape index (κ2) is 4.64. The largest absolute Gasteiger partial charge is 0.322 e. The predicted octanol–water partition coefficient (Wildman–Crippen LogP) is 1.15. The number of anilines is 1. The highest BCUT2D eigenvalue weighted by atomic mass is 32.1. The first kappa shape index (κ1) is 11.7. The van der Waals surface area contributed by atoms with Crippen molar-refractivity contribution in [1.29, 1.82) is 0 Å². The van der Waals surface area contributed by atoms with Crippen LogP contribution in [0.2, 0.25) is 0 Å². The maximum Gasteiger partial charge on any atom is 0.275 e. The van der Waals surface area contributed by atoms with Gasteiger partial charge in [0.05, 0.1) is 17.9 Å². The topological polar surface area (TPSA) is 85.8 Å². The molecule has 2 aromatic heterocycles. The van der Waals surface area contributed by atoms with E-state index >= 15 is 0 Å². The number of nitrogens with zero attached hydrogens (tertiary/aromatic N) is 3. The van der Waals surface area contributed by atoms with Gasteiger partial charge in [-0.1, -0.05) is 0 Å². The van der Waals surface area contributed by atoms with Crippen LogP contribution in [0.5, 0.6) is 0 Å². The molecule has 0 bridgehead atoms. The van der Waals surface area contributed by atoms with Gasteiger partial charge in [0.1, 0.15) is 10.7 Å². The quantitative estimate of drug-likeness (QED) is 0.856. The molecule has 0 saturated carbocycles. The molecule has 1 atom stereocenters. The molecule has 0 fully saturated rings. The maximum atomic E-state index is 11.8. The van der Waals surface area contributed by atoms with Crippen molar-refractivity contribution in [2.24, 2.45) is 12.8 Å². The third-order valence-corrected chi connectivity index (χ3v) is 3.15. The van der Waals surface area contributed by atoms with E-state index in [2.05, 4.69) is 15.4 Å². The first-order chi connectivity index (χ1) is 8.06. The molecule has 17 heavy (non-hydrogen) atoms. The Morgan fingerprint density at radius 1 is 1.65 bits per heavy atom. The van der Waals surface area contributed by atoms with Gasteiger partial charge in [-0.15, -0.1) is 11.3 Å². The molecular formula is C10H13N5OS. The molecule has 0 spiro atoms. The fourth-order valence-corrected chi connectivity index (χ4v) is 2.04. The summed E-state index contributed by atoms with van der Waals surface area (Å²) in [6, 6.07) is -0.153. The van der Waals surface area contributed by atoms with Crippen molar-refractivity contribution in [2.75, 3.05) is 5.32 Å². The molecule has 0 aliphatic rings. The number of amides is 1. The zero-order valence-corrected chi connectivity index (χ0v) is 10.4. The van der Waals surface area contributed by atoms with Crippen molar-refractivity contribution in [3.8, 4) is 0 Å². The predicted molar refractivity (Wildman–Crippen MR) is 65.9 cm³/mol. The highest BCUT2D eigenvalue weighted by Gasteiger charge is 2.13. The maximum absolute atomic E-state index is 11.8. The molecule has 2 rings (SSSR count). The van der Waals surface area contributed by atoms with Gasteiger partial charge < -0.3 is 11.1 Å². The second-order valence-corrected chi connectivity index (χ2v) is 4.61. The SMILES string of the molecule is CC(N)c1nc(C(=O)Nc2cnn(C)c2)cs1. The number of carbonyl (C=O) groups excluding carboxylic acids is 1. The van der Waals surface area contributed by atoms with Crippen molar-refractivity contribution in [1.82, 2.24) is 14.8 Å². The standard InChI is InChI=1S/C10H13N5OS/c1-6(11)10-14-8(5-17-10)9(16)13-7-3-12-15(2)4-7/h3-6H,11H2,1-2H3,(H,13,16). The van der Waals surface area contributed by atoms with E-state index < -0.39 is 0 Å². The Bertz CT molecular complexity index is 530. The summed E-state index contributed by atoms with van der Waals surface area (Å²) in [6.07, 6.45) is 3.30. The summed E-state index contributed by atoms with van der Waals surface area (Å²) in [4.78, 5) is 16.0. The van der Waals surface area contributed by atoms with Crippen molar-refractivity contribution in [3.63, 3.8) is 0 Å². The van der Waals surface area contributed by atoms with Crippen molar-refractivity contribution < 1.29 is 4.79 Å². The van der Waals surface area contributed by atoms with E-state index in [1.54, 1.807) is 29.5 Å². The molecular weight excluding hydrogens is 238 g/mol. The van der Waals surface area contributed by atoms with Crippen molar-refractivity contribution in [3.05, 3.63) is 28.5 Å². The van der Waals surface area contributed by atoms with Crippen LogP contribution in [-0.2, 0) is 7.05 Å². The molecule has 3 N–H and O–H groups in total. The van der Waals surface area contributed by atoms with E-state index in [0.29, 0.717) is 11.4 Å². The van der Waals surface area contributed by atoms with Crippen LogP contribution in [0.3, 0.4) is 0 Å². The van der Waals surface area contributed by atoms with Crippen LogP contribution in [0.15, 0.2) is 17.8 Å². The van der Waals surface area contributed by atoms with Gasteiger partial charge in [0, 0.05) is 18.6 Å². The third kappa shape index (κ3) is 2.69. The average molecular weight is 251 g/mol. The number of nitrogens with one attached hydrogen (secondary N) is 1. The lowest BCUT2D eigenvalue weighted by molar-refractivity contribution is 0.102. The van der Waals surface area contributed by atoms with Gasteiger partial charge >= 0.3 is 0 Å². The van der Waals surface area contributed by atoms with Crippen LogP contribution in [0, 0.1) is 0 Å². The molecule has 0 aromatic carbocycles. The minimum absolute atomic E-state index is 0.153. The van der Waals surface area contributed by atoms with Crippen LogP contribution in [0.4, 0.5) is 5.69 Å². The summed E-state index contributed by atoms with van der Waals surface area (Å²) < 4.78 is 1.62. The Hall–Kier alpha value is -1.73. The van der Waals surface area contributed by atoms with E-state index in [-0.39, 0.29) is 11.9 Å². The Morgan fingerprint density at radius 2 is 2.41 bits per heavy atom. The molecule has 0 saturated heterocycles. The number of carbonyl (C=O) groups is 1. The lowest BCUT2D eigenvalue weighted by Gasteiger charge is -1.99. The van der Waals surface area contributed by atoms with Crippen molar-refractivity contribution in [2.45, 2.75) is 13.0 Å². The average Bonchev–Trinajstić information content (AvgIpc) is 2.86. The van der Waals surface area contributed by atoms with Crippen LogP contribution in [0.25, 0.3) is 0 Å². The summed E-state index contributed by atoms with van der Waals surface area (Å²) in [5.74, 6) is -0.249. The van der Waals surface area contributed by atoms with Crippen molar-refractivity contribution >= 4 is 22.9 Å². The summed E-state index contributed by atoms with van der Waals surface area (Å²) in [5, 5.41) is 9.12. The van der Waals surface area contributed by atoms with Gasteiger partial charge in [0.25, 0.3) is 5.91 Å². The molecule has 0 aliphatic carbocycles. The van der Waals surface area contributed by atoms with E-state index in [4.69, 9.17) is 5.73 Å². The number of thiazole rings is 1. The highest BCUT2D eigenvalue weighted by Crippen LogP contribution is 2.16. The number of hydrogen-bond donors (Lipinski definition) is 2. The number of hydrogen-bond acceptors (Lipinski definition) is 5. The lowest BCUT2D eigenvalue weighted by atomic mass is 10.4. The van der Waals surface area contributed by atoms with Gasteiger partial charge in [-0.05, 0) is 6.92 Å². The van der Waals surface area contributed by atoms with Gasteiger partial charge in [0.15, 0.2) is 0 Å². The van der Waals surface area contributed by atoms with E-state index in [1.165, 1.54) is 11.3 Å². The highest BCUT2D eigenvalue weighted by molar-refractivity contribution is 7.09. The Balaban J connectivity index is 2.09. The summed E-state index contributed by atoms with van der Waals surface area (Å²) in [7, 11) is 1.78. The zero-order chi connectivity index (χ0) is 12.4. The third-order valence-electron chi connectivity index (χ3n) is 2.11. The minimum atomic E-state index is -0.249. The summed E-state index contributed by atoms with van der Waals surface area (Å²) >= 11 is 1.38. The molecule has 1 amide bonds. The van der Waals surface area contributed by atoms with Gasteiger partial charge in [-0.3, -0.25) is 9.48 Å². The fourth-order valence-electron chi connectivity index (χ4n) is 1.28. The first-order valence-corrected chi connectivity index (χ1v) is 5.95. The van der Waals surface area contributed by atoms with Crippen LogP contribution in [-0.4, -0.2) is 20.7 Å². The molecule has 0 aliphatic heterocycles. The fraction of sp³-hybridized carbons (Fsp3) is 0.300. The molecule has 2 heterocycles. The van der Waals surface area contributed by atoms with Gasteiger partial charge in [-0.2, -0.15) is 5.10 Å². The number of nitrogens with two attached hydrogens (primary N) is 1. The summed E-state index contributed by atoms with van der Waals surface area (Å²) in [6.45, 7) is 1.83. The second-order valence-electron chi connectivity index (χ2n) is 3.72. The molecule has 7 heteroatoms. The van der Waals surface area contributed by atoms with Crippen LogP contribution >= 0.6 is 11.3 Å². The normalized spacial score (nSPS) is 12.4. The van der Waals surface area contributed by atoms with Gasteiger partial charge in [-0.25, -0.2) is 4.98 Å². The first-order valence-electron chi connectivity index (χ1n) is 5.07. The van der Waals surface area contributed by atoms with Gasteiger partial charge in [0.2, 0.25) is 0 Å². The zero-order valence-electron chi connectivity index (χ0n) is 9.54. The van der Waals surface area contributed by atoms with E-state index in [1.807, 2.05) is 6.92 Å². The molecule has 90 valence electrons. The Labute approximate surface area is 102 Å². The minimum Gasteiger partial charge on any atom is -0.322 e. The van der Waals surface area contributed by atoms with Crippen LogP contribution in [0.1, 0.15) is 28.5 Å². The number of rotatable bonds is 3. The lowest BCUT2D eigenvalue weighted by Crippen LogP contribution is -2.13. The summed E-state index contributed by atoms with van der Waals surface area (Å²) in [5.41, 5.74) is 6.71. The molecule has 1 unspecified atom stereocenters. The monoisotopic (exact) mass is 251 g/mol. The van der Waals surface area contributed by atoms with E-state index in [9.17, 15) is 4.79 Å². The van der Waals surface area contributed by atoms with E-state index in [0.717, 1.165) is 5.01 Å². The smallest absolute Gasteiger partial charge is 0.275 e. The molecule has 6 nitrogen and oxygen atoms in total.